The zero-order chi connectivity index (χ0) is 21.1. The number of imidazole rings is 2. The van der Waals surface area contributed by atoms with Gasteiger partial charge < -0.3 is 9.72 Å². The van der Waals surface area contributed by atoms with Crippen molar-refractivity contribution < 1.29 is 9.13 Å². The average Bonchev–Trinajstić information content (AvgIpc) is 3.33. The topological polar surface area (TPSA) is 90.6 Å². The van der Waals surface area contributed by atoms with Crippen molar-refractivity contribution in [2.75, 3.05) is 6.61 Å². The number of aromatic amines is 1. The number of H-pyrrole nitrogens is 1. The monoisotopic (exact) mass is 416 g/mol. The lowest BCUT2D eigenvalue weighted by Gasteiger charge is -2.26. The van der Waals surface area contributed by atoms with E-state index in [0.717, 1.165) is 16.6 Å². The number of ether oxygens (including phenoxy) is 1. The smallest absolute Gasteiger partial charge is 0.328 e. The van der Waals surface area contributed by atoms with Crippen LogP contribution in [0, 0.1) is 12.7 Å². The Morgan fingerprint density at radius 1 is 1.23 bits per heavy atom. The van der Waals surface area contributed by atoms with Gasteiger partial charge in [0.25, 0.3) is 0 Å². The minimum atomic E-state index is -0.439. The van der Waals surface area contributed by atoms with Crippen LogP contribution in [0.1, 0.15) is 23.6 Å². The highest BCUT2D eigenvalue weighted by molar-refractivity contribution is 5.78. The van der Waals surface area contributed by atoms with Gasteiger partial charge in [0.15, 0.2) is 17.2 Å². The third kappa shape index (κ3) is 2.66. The van der Waals surface area contributed by atoms with Crippen molar-refractivity contribution >= 4 is 22.2 Å². The summed E-state index contributed by atoms with van der Waals surface area (Å²) in [5.41, 5.74) is 4.06. The molecule has 0 radical (unpaired) electrons. The molecule has 0 bridgehead atoms. The summed E-state index contributed by atoms with van der Waals surface area (Å²) >= 11 is 0. The van der Waals surface area contributed by atoms with Crippen LogP contribution in [-0.4, -0.2) is 35.7 Å². The molecule has 5 aromatic rings. The lowest BCUT2D eigenvalue weighted by molar-refractivity contribution is 0.244. The van der Waals surface area contributed by atoms with Crippen LogP contribution in [0.3, 0.4) is 0 Å². The number of nitrogens with zero attached hydrogens (tertiary/aromatic N) is 5. The summed E-state index contributed by atoms with van der Waals surface area (Å²) in [6.45, 7) is 2.31. The van der Waals surface area contributed by atoms with E-state index in [1.807, 2.05) is 25.1 Å². The molecule has 31 heavy (non-hydrogen) atoms. The van der Waals surface area contributed by atoms with E-state index in [0.29, 0.717) is 35.7 Å². The highest BCUT2D eigenvalue weighted by Gasteiger charge is 2.28. The number of hydrogen-bond donors (Lipinski definition) is 1. The van der Waals surface area contributed by atoms with Gasteiger partial charge in [-0.25, -0.2) is 19.2 Å². The van der Waals surface area contributed by atoms with Crippen LogP contribution >= 0.6 is 0 Å². The standard InChI is InChI=1S/C22H17FN6O2/c1-12-5-6-15-18(9-12)28(11-25-15)21-24-10-16-20(27-21)29(22(30)26-16)17-7-8-31-19-13(17)3-2-4-14(19)23/h2-6,9-11,17H,7-8H2,1H3,(H,26,30)/t17-/m1/s1. The summed E-state index contributed by atoms with van der Waals surface area (Å²) in [5, 5.41) is 0. The molecule has 3 aromatic heterocycles. The fraction of sp³-hybridized carbons (Fsp3) is 0.182. The van der Waals surface area contributed by atoms with Gasteiger partial charge in [-0.15, -0.1) is 0 Å². The summed E-state index contributed by atoms with van der Waals surface area (Å²) in [7, 11) is 0. The van der Waals surface area contributed by atoms with Gasteiger partial charge in [0.1, 0.15) is 11.8 Å². The van der Waals surface area contributed by atoms with Crippen molar-refractivity contribution in [2.45, 2.75) is 19.4 Å². The number of nitrogens with one attached hydrogen (secondary N) is 1. The van der Waals surface area contributed by atoms with E-state index in [2.05, 4.69) is 15.0 Å². The molecule has 6 rings (SSSR count). The molecule has 0 amide bonds. The van der Waals surface area contributed by atoms with E-state index in [1.165, 1.54) is 6.07 Å². The van der Waals surface area contributed by atoms with Crippen molar-refractivity contribution in [3.8, 4) is 11.7 Å². The summed E-state index contributed by atoms with van der Waals surface area (Å²) in [6, 6.07) is 10.3. The minimum Gasteiger partial charge on any atom is -0.490 e. The second-order valence-corrected chi connectivity index (χ2v) is 7.63. The molecule has 0 unspecified atom stereocenters. The molecule has 2 aromatic carbocycles. The third-order valence-corrected chi connectivity index (χ3v) is 5.67. The van der Waals surface area contributed by atoms with Gasteiger partial charge in [-0.1, -0.05) is 18.2 Å². The Kier molecular flexibility index (Phi) is 3.73. The Morgan fingerprint density at radius 3 is 3.03 bits per heavy atom. The van der Waals surface area contributed by atoms with Crippen LogP contribution < -0.4 is 10.4 Å². The van der Waals surface area contributed by atoms with Crippen LogP contribution in [-0.2, 0) is 0 Å². The zero-order valence-corrected chi connectivity index (χ0v) is 16.5. The van der Waals surface area contributed by atoms with Gasteiger partial charge in [-0.05, 0) is 30.7 Å². The van der Waals surface area contributed by atoms with Crippen LogP contribution in [0.5, 0.6) is 5.75 Å². The first kappa shape index (κ1) is 17.8. The van der Waals surface area contributed by atoms with Crippen LogP contribution in [0.4, 0.5) is 4.39 Å². The van der Waals surface area contributed by atoms with Gasteiger partial charge in [-0.3, -0.25) is 9.13 Å². The number of halogens is 1. The van der Waals surface area contributed by atoms with E-state index < -0.39 is 11.9 Å². The number of benzene rings is 2. The predicted molar refractivity (Wildman–Crippen MR) is 112 cm³/mol. The number of aryl methyl sites for hydroxylation is 1. The van der Waals surface area contributed by atoms with Gasteiger partial charge >= 0.3 is 5.69 Å². The molecule has 1 atom stereocenters. The number of aromatic nitrogens is 6. The van der Waals surface area contributed by atoms with Crippen molar-refractivity contribution in [2.24, 2.45) is 0 Å². The first-order valence-electron chi connectivity index (χ1n) is 9.93. The Hall–Kier alpha value is -4.01. The fourth-order valence-corrected chi connectivity index (χ4v) is 4.23. The number of rotatable bonds is 2. The molecule has 0 spiro atoms. The molecule has 8 nitrogen and oxygen atoms in total. The zero-order valence-electron chi connectivity index (χ0n) is 16.5. The molecule has 1 aliphatic rings. The van der Waals surface area contributed by atoms with Crippen molar-refractivity contribution in [3.05, 3.63) is 76.4 Å². The Bertz CT molecular complexity index is 1530. The molecule has 154 valence electrons. The van der Waals surface area contributed by atoms with E-state index in [9.17, 15) is 9.18 Å². The number of para-hydroxylation sites is 1. The van der Waals surface area contributed by atoms with Gasteiger partial charge in [0.2, 0.25) is 5.95 Å². The molecule has 1 aliphatic heterocycles. The fourth-order valence-electron chi connectivity index (χ4n) is 4.23. The lowest BCUT2D eigenvalue weighted by Crippen LogP contribution is -2.28. The molecule has 1 N–H and O–H groups in total. The molecule has 0 saturated heterocycles. The predicted octanol–water partition coefficient (Wildman–Crippen LogP) is 3.28. The van der Waals surface area contributed by atoms with Crippen LogP contribution in [0.25, 0.3) is 28.1 Å². The van der Waals surface area contributed by atoms with Crippen LogP contribution in [0.2, 0.25) is 0 Å². The first-order valence-corrected chi connectivity index (χ1v) is 9.93. The van der Waals surface area contributed by atoms with E-state index in [1.54, 1.807) is 33.8 Å². The second kappa shape index (κ2) is 6.49. The van der Waals surface area contributed by atoms with E-state index >= 15 is 0 Å². The van der Waals surface area contributed by atoms with Gasteiger partial charge in [0, 0.05) is 12.0 Å². The lowest BCUT2D eigenvalue weighted by atomic mass is 10.00. The molecule has 0 fully saturated rings. The van der Waals surface area contributed by atoms with Crippen molar-refractivity contribution in [1.82, 2.24) is 29.1 Å². The molecular weight excluding hydrogens is 399 g/mol. The quantitative estimate of drug-likeness (QED) is 0.477. The number of hydrogen-bond acceptors (Lipinski definition) is 5. The largest absolute Gasteiger partial charge is 0.490 e. The molecule has 9 heteroatoms. The maximum Gasteiger partial charge on any atom is 0.328 e. The summed E-state index contributed by atoms with van der Waals surface area (Å²) < 4.78 is 23.2. The summed E-state index contributed by atoms with van der Waals surface area (Å²) in [4.78, 5) is 29.2. The number of fused-ring (bicyclic) bond motifs is 3. The molecule has 4 heterocycles. The van der Waals surface area contributed by atoms with Crippen molar-refractivity contribution in [1.29, 1.82) is 0 Å². The summed E-state index contributed by atoms with van der Waals surface area (Å²) in [5.74, 6) is 0.149. The van der Waals surface area contributed by atoms with Crippen LogP contribution in [0.15, 0.2) is 53.7 Å². The van der Waals surface area contributed by atoms with E-state index in [4.69, 9.17) is 9.72 Å². The highest BCUT2D eigenvalue weighted by Crippen LogP contribution is 2.36. The first-order chi connectivity index (χ1) is 15.1. The highest BCUT2D eigenvalue weighted by atomic mass is 19.1. The van der Waals surface area contributed by atoms with Gasteiger partial charge in [0.05, 0.1) is 29.9 Å². The maximum atomic E-state index is 14.3. The summed E-state index contributed by atoms with van der Waals surface area (Å²) in [6.07, 6.45) is 3.78. The Morgan fingerprint density at radius 2 is 2.13 bits per heavy atom. The van der Waals surface area contributed by atoms with Gasteiger partial charge in [-0.2, -0.15) is 4.98 Å². The average molecular weight is 416 g/mol. The third-order valence-electron chi connectivity index (χ3n) is 5.67. The molecular formula is C22H17FN6O2. The molecule has 0 aliphatic carbocycles. The Labute approximate surface area is 175 Å². The maximum absolute atomic E-state index is 14.3. The van der Waals surface area contributed by atoms with E-state index in [-0.39, 0.29) is 11.4 Å². The molecule has 0 saturated carbocycles. The Balaban J connectivity index is 1.56. The minimum absolute atomic E-state index is 0.186. The normalized spacial score (nSPS) is 15.9. The van der Waals surface area contributed by atoms with Crippen molar-refractivity contribution in [3.63, 3.8) is 0 Å². The SMILES string of the molecule is Cc1ccc2ncn(-c3ncc4[nH]c(=O)n([C@@H]5CCOc6c(F)cccc65)c4n3)c2c1. The second-order valence-electron chi connectivity index (χ2n) is 7.63.